The number of aromatic nitrogens is 8. The van der Waals surface area contributed by atoms with Crippen LogP contribution in [0.15, 0.2) is 70.4 Å². The second-order valence-corrected chi connectivity index (χ2v) is 12.8. The number of thioether (sulfide) groups is 1. The standard InChI is InChI=1S/C9H9N3OS2.C5H6N2OS.C4H4BrNS.C4H5NOS.C4H3NOS.ClH/c1-6-2-8(13)12-9(11-6)15-4-7-3-14-5-10-7;1-3-2-4(8)7-5(9)6-3;5-1-4-2-7-3-6-4;2*6-1-4-2-7-3-5-4;/h2-3,5H,4H2,1H3,(H,11,12,13);2H,1H3,(H2,6,7,8,9);2-3H,1H2;2-3,6H,1H2;1-3H;1H. The third kappa shape index (κ3) is 18.4. The van der Waals surface area contributed by atoms with Crippen molar-refractivity contribution in [2.24, 2.45) is 0 Å². The van der Waals surface area contributed by atoms with E-state index in [2.05, 4.69) is 68.0 Å². The average Bonchev–Trinajstić information content (AvgIpc) is 3.84. The SMILES string of the molecule is BrCc1cscn1.Cc1cc(=O)[nH]c(=S)[nH]1.Cc1cc(=O)[nH]c(SCc2cscn2)n1.Cl.O=Cc1cscn1.OCc1cscn1. The van der Waals surface area contributed by atoms with E-state index in [-0.39, 0.29) is 30.1 Å². The van der Waals surface area contributed by atoms with Crippen molar-refractivity contribution in [3.8, 4) is 0 Å². The Labute approximate surface area is 303 Å². The van der Waals surface area contributed by atoms with E-state index < -0.39 is 0 Å². The second-order valence-electron chi connectivity index (χ2n) is 8.01. The Bertz CT molecular complexity index is 1730. The van der Waals surface area contributed by atoms with Crippen LogP contribution < -0.4 is 11.1 Å². The number of thiazole rings is 4. The summed E-state index contributed by atoms with van der Waals surface area (Å²) in [5.74, 6) is 0.732. The molecule has 0 saturated carbocycles. The highest BCUT2D eigenvalue weighted by Gasteiger charge is 2.01. The molecule has 20 heteroatoms. The molecule has 6 aromatic heterocycles. The van der Waals surface area contributed by atoms with Crippen LogP contribution in [-0.4, -0.2) is 51.3 Å². The lowest BCUT2D eigenvalue weighted by atomic mass is 10.5. The van der Waals surface area contributed by atoms with Crippen LogP contribution in [0.2, 0.25) is 0 Å². The molecule has 246 valence electrons. The smallest absolute Gasteiger partial charge is 0.251 e. The number of aromatic amines is 3. The molecule has 0 aromatic carbocycles. The van der Waals surface area contributed by atoms with Crippen molar-refractivity contribution in [3.63, 3.8) is 0 Å². The monoisotopic (exact) mass is 822 g/mol. The van der Waals surface area contributed by atoms with Gasteiger partial charge >= 0.3 is 0 Å². The fraction of sp³-hybridized carbons (Fsp3) is 0.192. The summed E-state index contributed by atoms with van der Waals surface area (Å²) in [5, 5.41) is 17.4. The minimum atomic E-state index is -0.156. The number of halogens is 2. The van der Waals surface area contributed by atoms with Gasteiger partial charge in [-0.3, -0.25) is 19.4 Å². The summed E-state index contributed by atoms with van der Waals surface area (Å²) in [4.78, 5) is 59.3. The first-order chi connectivity index (χ1) is 21.7. The molecular weight excluding hydrogens is 796 g/mol. The van der Waals surface area contributed by atoms with Crippen molar-refractivity contribution in [3.05, 3.63) is 115 Å². The van der Waals surface area contributed by atoms with Crippen molar-refractivity contribution in [1.82, 2.24) is 39.9 Å². The van der Waals surface area contributed by atoms with Gasteiger partial charge in [0.25, 0.3) is 11.1 Å². The van der Waals surface area contributed by atoms with Crippen LogP contribution in [-0.2, 0) is 17.7 Å². The third-order valence-electron chi connectivity index (χ3n) is 4.42. The molecule has 4 N–H and O–H groups in total. The summed E-state index contributed by atoms with van der Waals surface area (Å²) in [6.45, 7) is 3.65. The Kier molecular flexibility index (Phi) is 21.9. The molecular formula is C26H28BrClN8O4S6. The van der Waals surface area contributed by atoms with Gasteiger partial charge in [0.05, 0.1) is 45.7 Å². The zero-order valence-corrected chi connectivity index (χ0v) is 31.4. The Balaban J connectivity index is 0.000000299. The fourth-order valence-corrected chi connectivity index (χ4v) is 6.44. The van der Waals surface area contributed by atoms with Gasteiger partial charge in [-0.25, -0.2) is 24.9 Å². The summed E-state index contributed by atoms with van der Waals surface area (Å²) < 4.78 is 0.375. The Hall–Kier alpha value is -2.75. The van der Waals surface area contributed by atoms with Crippen LogP contribution in [0.5, 0.6) is 0 Å². The molecule has 0 fully saturated rings. The lowest BCUT2D eigenvalue weighted by Crippen LogP contribution is -2.08. The quantitative estimate of drug-likeness (QED) is 0.0466. The van der Waals surface area contributed by atoms with Gasteiger partial charge in [0.2, 0.25) is 0 Å². The number of alkyl halides is 1. The van der Waals surface area contributed by atoms with Crippen LogP contribution in [0, 0.1) is 18.6 Å². The van der Waals surface area contributed by atoms with Gasteiger partial charge in [-0.15, -0.1) is 57.8 Å². The highest BCUT2D eigenvalue weighted by Crippen LogP contribution is 2.17. The molecule has 46 heavy (non-hydrogen) atoms. The van der Waals surface area contributed by atoms with Crippen molar-refractivity contribution in [1.29, 1.82) is 0 Å². The first-order valence-electron chi connectivity index (χ1n) is 12.3. The lowest BCUT2D eigenvalue weighted by Gasteiger charge is -1.99. The van der Waals surface area contributed by atoms with Gasteiger partial charge in [-0.1, -0.05) is 27.7 Å². The fourth-order valence-electron chi connectivity index (χ4n) is 2.56. The molecule has 6 heterocycles. The number of aliphatic hydroxyl groups excluding tert-OH is 1. The van der Waals surface area contributed by atoms with E-state index in [1.54, 1.807) is 51.5 Å². The summed E-state index contributed by atoms with van der Waals surface area (Å²) in [6.07, 6.45) is 0.733. The van der Waals surface area contributed by atoms with E-state index in [1.807, 2.05) is 28.6 Å². The molecule has 0 saturated heterocycles. The number of hydrogen-bond acceptors (Lipinski definition) is 15. The van der Waals surface area contributed by atoms with Gasteiger partial charge in [-0.2, -0.15) is 0 Å². The predicted octanol–water partition coefficient (Wildman–Crippen LogP) is 6.62. The summed E-state index contributed by atoms with van der Waals surface area (Å²) in [5.41, 5.74) is 11.6. The molecule has 6 aromatic rings. The van der Waals surface area contributed by atoms with Crippen LogP contribution in [0.25, 0.3) is 0 Å². The van der Waals surface area contributed by atoms with Gasteiger partial charge in [0.15, 0.2) is 16.2 Å². The van der Waals surface area contributed by atoms with Gasteiger partial charge in [-0.05, 0) is 26.1 Å². The Morgan fingerprint density at radius 2 is 1.41 bits per heavy atom. The maximum atomic E-state index is 11.1. The minimum absolute atomic E-state index is 0. The van der Waals surface area contributed by atoms with Crippen molar-refractivity contribution < 1.29 is 9.90 Å². The zero-order chi connectivity index (χ0) is 32.9. The van der Waals surface area contributed by atoms with Crippen LogP contribution in [0.1, 0.15) is 39.0 Å². The summed E-state index contributed by atoms with van der Waals surface area (Å²) in [6, 6.07) is 2.93. The highest BCUT2D eigenvalue weighted by molar-refractivity contribution is 9.08. The third-order valence-corrected chi connectivity index (χ3v) is 8.62. The molecule has 0 radical (unpaired) electrons. The van der Waals surface area contributed by atoms with E-state index in [9.17, 15) is 14.4 Å². The van der Waals surface area contributed by atoms with E-state index >= 15 is 0 Å². The number of carbonyl (C=O) groups excluding carboxylic acids is 1. The first-order valence-corrected chi connectivity index (χ1v) is 18.6. The Morgan fingerprint density at radius 3 is 1.80 bits per heavy atom. The first kappa shape index (κ1) is 41.3. The molecule has 0 spiro atoms. The largest absolute Gasteiger partial charge is 0.390 e. The predicted molar refractivity (Wildman–Crippen MR) is 196 cm³/mol. The molecule has 0 atom stereocenters. The zero-order valence-electron chi connectivity index (χ0n) is 24.1. The average molecular weight is 824 g/mol. The van der Waals surface area contributed by atoms with E-state index in [4.69, 9.17) is 5.11 Å². The van der Waals surface area contributed by atoms with E-state index in [0.29, 0.717) is 15.6 Å². The van der Waals surface area contributed by atoms with Crippen molar-refractivity contribution in [2.75, 3.05) is 0 Å². The number of aldehydes is 1. The molecule has 0 unspecified atom stereocenters. The molecule has 12 nitrogen and oxygen atoms in total. The summed E-state index contributed by atoms with van der Waals surface area (Å²) in [7, 11) is 0. The van der Waals surface area contributed by atoms with Crippen LogP contribution in [0.4, 0.5) is 0 Å². The molecule has 6 rings (SSSR count). The minimum Gasteiger partial charge on any atom is -0.390 e. The summed E-state index contributed by atoms with van der Waals surface area (Å²) >= 11 is 15.5. The normalized spacial score (nSPS) is 9.39. The molecule has 0 bridgehead atoms. The topological polar surface area (TPSA) is 183 Å². The number of aryl methyl sites for hydroxylation is 2. The number of H-pyrrole nitrogens is 3. The lowest BCUT2D eigenvalue weighted by molar-refractivity contribution is 0.111. The molecule has 0 aliphatic rings. The number of nitrogens with one attached hydrogen (secondary N) is 3. The number of carbonyl (C=O) groups is 1. The van der Waals surface area contributed by atoms with Gasteiger partial charge in [0.1, 0.15) is 5.69 Å². The Morgan fingerprint density at radius 1 is 0.848 bits per heavy atom. The number of aliphatic hydroxyl groups is 1. The van der Waals surface area contributed by atoms with Gasteiger partial charge in [0, 0.05) is 56.1 Å². The number of rotatable bonds is 6. The number of nitrogens with zero attached hydrogens (tertiary/aromatic N) is 5. The second kappa shape index (κ2) is 24.4. The number of hydrogen-bond donors (Lipinski definition) is 4. The maximum Gasteiger partial charge on any atom is 0.251 e. The van der Waals surface area contributed by atoms with Crippen LogP contribution >= 0.6 is 97.7 Å². The van der Waals surface area contributed by atoms with Crippen LogP contribution in [0.3, 0.4) is 0 Å². The maximum absolute atomic E-state index is 11.1. The van der Waals surface area contributed by atoms with Crippen molar-refractivity contribution in [2.45, 2.75) is 36.7 Å². The molecule has 0 aliphatic heterocycles. The van der Waals surface area contributed by atoms with Gasteiger partial charge < -0.3 is 15.1 Å². The van der Waals surface area contributed by atoms with Crippen molar-refractivity contribution >= 4 is 104 Å². The highest BCUT2D eigenvalue weighted by atomic mass is 79.9. The molecule has 0 amide bonds. The molecule has 0 aliphatic carbocycles. The van der Waals surface area contributed by atoms with E-state index in [1.165, 1.54) is 46.6 Å². The van der Waals surface area contributed by atoms with E-state index in [0.717, 1.165) is 45.8 Å².